The Morgan fingerprint density at radius 1 is 0.926 bits per heavy atom. The Morgan fingerprint density at radius 3 is 2.52 bits per heavy atom. The Kier molecular flexibility index (Phi) is 3.92. The molecular weight excluding hydrogens is 352 g/mol. The summed E-state index contributed by atoms with van der Waals surface area (Å²) in [6.07, 6.45) is 1.31. The first-order valence-corrected chi connectivity index (χ1v) is 10.3. The molecule has 0 amide bonds. The lowest BCUT2D eigenvalue weighted by Crippen LogP contribution is -2.14. The second-order valence-electron chi connectivity index (χ2n) is 6.58. The van der Waals surface area contributed by atoms with Crippen molar-refractivity contribution in [2.75, 3.05) is 0 Å². The van der Waals surface area contributed by atoms with Crippen molar-refractivity contribution in [1.82, 2.24) is 0 Å². The summed E-state index contributed by atoms with van der Waals surface area (Å²) in [4.78, 5) is 13.9. The van der Waals surface area contributed by atoms with Crippen LogP contribution in [0.15, 0.2) is 72.8 Å². The maximum atomic E-state index is 12.6. The highest BCUT2D eigenvalue weighted by atomic mass is 32.2. The van der Waals surface area contributed by atoms with Crippen molar-refractivity contribution in [2.45, 2.75) is 18.9 Å². The minimum Gasteiger partial charge on any atom is -0.446 e. The summed E-state index contributed by atoms with van der Waals surface area (Å²) < 4.78 is 8.12. The molecule has 5 rings (SSSR count). The third-order valence-corrected chi connectivity index (χ3v) is 7.19. The van der Waals surface area contributed by atoms with Crippen LogP contribution in [0.2, 0.25) is 0 Å². The van der Waals surface area contributed by atoms with Gasteiger partial charge >= 0.3 is 5.97 Å². The van der Waals surface area contributed by atoms with Gasteiger partial charge in [0.15, 0.2) is 20.4 Å². The summed E-state index contributed by atoms with van der Waals surface area (Å²) >= 11 is 0. The zero-order valence-electron chi connectivity index (χ0n) is 14.6. The number of thiophene rings is 1. The lowest BCUT2D eigenvalue weighted by atomic mass is 10.1. The van der Waals surface area contributed by atoms with E-state index < -0.39 is 0 Å². The second-order valence-corrected chi connectivity index (χ2v) is 8.54. The summed E-state index contributed by atoms with van der Waals surface area (Å²) in [5.74, 6) is 5.65. The fourth-order valence-corrected chi connectivity index (χ4v) is 5.97. The molecule has 0 spiro atoms. The normalized spacial score (nSPS) is 16.3. The fourth-order valence-electron chi connectivity index (χ4n) is 3.59. The van der Waals surface area contributed by atoms with Gasteiger partial charge in [-0.3, -0.25) is 0 Å². The molecule has 2 atom stereocenters. The van der Waals surface area contributed by atoms with E-state index in [4.69, 9.17) is 4.74 Å². The summed E-state index contributed by atoms with van der Waals surface area (Å²) in [6.45, 7) is 0. The van der Waals surface area contributed by atoms with Gasteiger partial charge < -0.3 is 4.74 Å². The number of esters is 1. The number of hydrogen-bond donors (Lipinski definition) is 0. The Labute approximate surface area is 160 Å². The molecule has 1 aliphatic carbocycles. The summed E-state index contributed by atoms with van der Waals surface area (Å²) in [5.41, 5.74) is 0.593. The molecule has 2 unspecified atom stereocenters. The molecule has 1 aromatic heterocycles. The zero-order valence-corrected chi connectivity index (χ0v) is 15.5. The van der Waals surface area contributed by atoms with E-state index in [1.54, 1.807) is 0 Å². The second kappa shape index (κ2) is 6.57. The Morgan fingerprint density at radius 2 is 1.70 bits per heavy atom. The summed E-state index contributed by atoms with van der Waals surface area (Å²) in [6, 6.07) is 25.0. The summed E-state index contributed by atoms with van der Waals surface area (Å²) in [7, 11) is -0.140. The molecule has 4 aromatic rings. The highest BCUT2D eigenvalue weighted by molar-refractivity contribution is 7.50. The standard InChI is InChI=1S/C24H17O2S/c25-24(26-18-8-4-5-9-18)17-14-15-23-21(16-17)20-12-6-7-13-22(20)27(23)19-10-2-1-3-11-19/h1-3,6-7,10-16,18H,4,8H2/q+1. The van der Waals surface area contributed by atoms with Crippen LogP contribution in [0.5, 0.6) is 0 Å². The van der Waals surface area contributed by atoms with E-state index in [0.29, 0.717) is 5.56 Å². The monoisotopic (exact) mass is 369 g/mol. The van der Waals surface area contributed by atoms with Gasteiger partial charge in [-0.2, -0.15) is 0 Å². The van der Waals surface area contributed by atoms with E-state index in [1.807, 2.05) is 18.2 Å². The molecule has 130 valence electrons. The lowest BCUT2D eigenvalue weighted by Gasteiger charge is -2.08. The molecule has 1 heterocycles. The van der Waals surface area contributed by atoms with Crippen LogP contribution in [0.1, 0.15) is 23.2 Å². The molecule has 0 saturated heterocycles. The predicted octanol–water partition coefficient (Wildman–Crippen LogP) is 6.05. The van der Waals surface area contributed by atoms with Gasteiger partial charge in [0, 0.05) is 34.1 Å². The van der Waals surface area contributed by atoms with E-state index in [1.165, 1.54) is 19.7 Å². The van der Waals surface area contributed by atoms with Crippen LogP contribution < -0.4 is 0 Å². The van der Waals surface area contributed by atoms with Crippen molar-refractivity contribution in [2.24, 2.45) is 0 Å². The molecule has 0 aliphatic heterocycles. The topological polar surface area (TPSA) is 26.3 Å². The number of fused-ring (bicyclic) bond motifs is 3. The summed E-state index contributed by atoms with van der Waals surface area (Å²) in [5, 5.41) is 2.33. The maximum absolute atomic E-state index is 12.6. The van der Waals surface area contributed by atoms with E-state index >= 15 is 0 Å². The average Bonchev–Trinajstić information content (AvgIpc) is 3.34. The molecule has 0 N–H and O–H groups in total. The van der Waals surface area contributed by atoms with E-state index in [-0.39, 0.29) is 22.5 Å². The van der Waals surface area contributed by atoms with E-state index in [9.17, 15) is 4.79 Å². The first-order valence-electron chi connectivity index (χ1n) is 9.03. The molecule has 1 aliphatic rings. The molecule has 0 saturated carbocycles. The number of rotatable bonds is 3. The van der Waals surface area contributed by atoms with E-state index in [2.05, 4.69) is 66.4 Å². The number of carbonyl (C=O) groups is 1. The van der Waals surface area contributed by atoms with Crippen molar-refractivity contribution in [3.8, 4) is 16.7 Å². The smallest absolute Gasteiger partial charge is 0.339 e. The van der Waals surface area contributed by atoms with Crippen LogP contribution in [0, 0.1) is 11.8 Å². The van der Waals surface area contributed by atoms with Crippen LogP contribution in [-0.2, 0) is 4.74 Å². The fraction of sp³-hybridized carbons (Fsp3) is 0.125. The maximum Gasteiger partial charge on any atom is 0.339 e. The number of carbonyl (C=O) groups excluding carboxylic acids is 1. The molecule has 0 fully saturated rings. The molecule has 3 aromatic carbocycles. The van der Waals surface area contributed by atoms with Crippen LogP contribution >= 0.6 is 10.5 Å². The molecule has 27 heavy (non-hydrogen) atoms. The molecule has 3 heteroatoms. The Bertz CT molecular complexity index is 1230. The molecule has 2 nitrogen and oxygen atoms in total. The van der Waals surface area contributed by atoms with Crippen molar-refractivity contribution >= 4 is 36.6 Å². The first kappa shape index (κ1) is 16.1. The van der Waals surface area contributed by atoms with Gasteiger partial charge in [-0.25, -0.2) is 4.79 Å². The third-order valence-electron chi connectivity index (χ3n) is 4.86. The van der Waals surface area contributed by atoms with Gasteiger partial charge in [0.25, 0.3) is 0 Å². The molecule has 0 bridgehead atoms. The number of benzene rings is 3. The number of ether oxygens (including phenoxy) is 1. The average molecular weight is 369 g/mol. The van der Waals surface area contributed by atoms with Gasteiger partial charge in [0.1, 0.15) is 0 Å². The van der Waals surface area contributed by atoms with Gasteiger partial charge in [-0.05, 0) is 42.5 Å². The van der Waals surface area contributed by atoms with Crippen LogP contribution in [0.3, 0.4) is 0 Å². The van der Waals surface area contributed by atoms with Crippen LogP contribution in [-0.4, -0.2) is 12.1 Å². The van der Waals surface area contributed by atoms with E-state index in [0.717, 1.165) is 18.2 Å². The van der Waals surface area contributed by atoms with Crippen molar-refractivity contribution in [3.63, 3.8) is 0 Å². The highest BCUT2D eigenvalue weighted by Crippen LogP contribution is 2.48. The zero-order chi connectivity index (χ0) is 18.2. The number of hydrogen-bond acceptors (Lipinski definition) is 2. The van der Waals surface area contributed by atoms with Crippen molar-refractivity contribution < 1.29 is 9.53 Å². The molecule has 0 radical (unpaired) electrons. The minimum absolute atomic E-state index is 0.140. The highest BCUT2D eigenvalue weighted by Gasteiger charge is 2.25. The Balaban J connectivity index is 1.66. The predicted molar refractivity (Wildman–Crippen MR) is 111 cm³/mol. The van der Waals surface area contributed by atoms with Crippen LogP contribution in [0.25, 0.3) is 25.1 Å². The van der Waals surface area contributed by atoms with Crippen molar-refractivity contribution in [1.29, 1.82) is 0 Å². The Hall–Kier alpha value is -3.09. The molecular formula is C24H17O2S+. The van der Waals surface area contributed by atoms with Gasteiger partial charge in [-0.1, -0.05) is 42.2 Å². The SMILES string of the molecule is O=C(OC1C#CCC1)c1ccc2c(c1)c1ccccc1[s+]2-c1ccccc1. The van der Waals surface area contributed by atoms with Gasteiger partial charge in [0.2, 0.25) is 0 Å². The van der Waals surface area contributed by atoms with Gasteiger partial charge in [-0.15, -0.1) is 0 Å². The largest absolute Gasteiger partial charge is 0.446 e. The quantitative estimate of drug-likeness (QED) is 0.249. The van der Waals surface area contributed by atoms with Crippen LogP contribution in [0.4, 0.5) is 0 Å². The third kappa shape index (κ3) is 2.79. The van der Waals surface area contributed by atoms with Gasteiger partial charge in [0.05, 0.1) is 5.56 Å². The first-order chi connectivity index (χ1) is 13.3. The minimum atomic E-state index is -0.289. The van der Waals surface area contributed by atoms with Crippen molar-refractivity contribution in [3.05, 3.63) is 78.4 Å². The lowest BCUT2D eigenvalue weighted by molar-refractivity contribution is 0.0407.